The topological polar surface area (TPSA) is 74.8 Å². The van der Waals surface area contributed by atoms with Crippen LogP contribution in [0.3, 0.4) is 0 Å². The molecule has 2 aliphatic rings. The molecule has 2 heterocycles. The van der Waals surface area contributed by atoms with E-state index in [0.29, 0.717) is 30.2 Å². The fraction of sp³-hybridized carbons (Fsp3) is 0.333. The molecule has 0 bridgehead atoms. The van der Waals surface area contributed by atoms with Gasteiger partial charge in [-0.2, -0.15) is 4.31 Å². The smallest absolute Gasteiger partial charge is 0.264 e. The number of hydrogen-bond donors (Lipinski definition) is 0. The number of halogens is 1. The van der Waals surface area contributed by atoms with E-state index in [1.165, 1.54) is 26.8 Å². The highest BCUT2D eigenvalue weighted by Crippen LogP contribution is 2.35. The van der Waals surface area contributed by atoms with Crippen LogP contribution in [-0.2, 0) is 26.5 Å². The van der Waals surface area contributed by atoms with Crippen molar-refractivity contribution in [2.75, 3.05) is 23.9 Å². The molecule has 1 fully saturated rings. The first-order valence-corrected chi connectivity index (χ1v) is 12.0. The lowest BCUT2D eigenvalue weighted by atomic mass is 10.2. The number of sulfonamides is 2. The molecule has 0 N–H and O–H groups in total. The van der Waals surface area contributed by atoms with Gasteiger partial charge in [0.15, 0.2) is 0 Å². The molecule has 0 radical (unpaired) electrons. The maximum Gasteiger partial charge on any atom is 0.264 e. The summed E-state index contributed by atoms with van der Waals surface area (Å²) >= 11 is 5.94. The first-order chi connectivity index (χ1) is 12.8. The minimum atomic E-state index is -3.75. The second-order valence-corrected chi connectivity index (χ2v) is 10.9. The summed E-state index contributed by atoms with van der Waals surface area (Å²) in [5.41, 5.74) is 1.25. The highest BCUT2D eigenvalue weighted by atomic mass is 35.5. The summed E-state index contributed by atoms with van der Waals surface area (Å²) in [6.45, 7) is 1.35. The molecule has 0 amide bonds. The first kappa shape index (κ1) is 18.7. The standard InChI is InChI=1S/C18H19ClN2O4S2/c19-15-4-3-5-16(13-15)27(24,25)21-11-8-14-12-17(6-7-18(14)21)26(22,23)20-9-1-2-10-20/h3-7,12-13H,1-2,8-11H2. The average molecular weight is 427 g/mol. The van der Waals surface area contributed by atoms with Gasteiger partial charge in [-0.25, -0.2) is 16.8 Å². The number of hydrogen-bond acceptors (Lipinski definition) is 4. The molecule has 1 saturated heterocycles. The third kappa shape index (κ3) is 3.24. The Balaban J connectivity index is 1.69. The van der Waals surface area contributed by atoms with Crippen LogP contribution in [0.5, 0.6) is 0 Å². The maximum atomic E-state index is 13.0. The van der Waals surface area contributed by atoms with Crippen LogP contribution in [0, 0.1) is 0 Å². The average Bonchev–Trinajstić information content (AvgIpc) is 3.31. The van der Waals surface area contributed by atoms with Crippen molar-refractivity contribution < 1.29 is 16.8 Å². The predicted molar refractivity (Wildman–Crippen MR) is 104 cm³/mol. The number of nitrogens with zero attached hydrogens (tertiary/aromatic N) is 2. The summed E-state index contributed by atoms with van der Waals surface area (Å²) in [6, 6.07) is 10.8. The zero-order chi connectivity index (χ0) is 19.2. The van der Waals surface area contributed by atoms with Gasteiger partial charge in [0.25, 0.3) is 10.0 Å². The molecule has 9 heteroatoms. The van der Waals surface area contributed by atoms with E-state index in [1.807, 2.05) is 0 Å². The number of benzene rings is 2. The molecule has 27 heavy (non-hydrogen) atoms. The zero-order valence-corrected chi connectivity index (χ0v) is 16.9. The quantitative estimate of drug-likeness (QED) is 0.753. The molecule has 0 aliphatic carbocycles. The van der Waals surface area contributed by atoms with Gasteiger partial charge in [-0.05, 0) is 61.2 Å². The minimum absolute atomic E-state index is 0.122. The van der Waals surface area contributed by atoms with Crippen molar-refractivity contribution in [3.8, 4) is 0 Å². The highest BCUT2D eigenvalue weighted by Gasteiger charge is 2.33. The Labute approximate surface area is 164 Å². The van der Waals surface area contributed by atoms with Gasteiger partial charge < -0.3 is 0 Å². The Hall–Kier alpha value is -1.61. The van der Waals surface area contributed by atoms with Crippen molar-refractivity contribution in [1.82, 2.24) is 4.31 Å². The van der Waals surface area contributed by atoms with E-state index in [-0.39, 0.29) is 16.3 Å². The molecular weight excluding hydrogens is 408 g/mol. The van der Waals surface area contributed by atoms with E-state index in [1.54, 1.807) is 24.3 Å². The molecule has 0 aromatic heterocycles. The third-order valence-corrected chi connectivity index (χ3v) is 8.93. The summed E-state index contributed by atoms with van der Waals surface area (Å²) in [4.78, 5) is 0.349. The second-order valence-electron chi connectivity index (χ2n) is 6.69. The van der Waals surface area contributed by atoms with Crippen LogP contribution < -0.4 is 4.31 Å². The highest BCUT2D eigenvalue weighted by molar-refractivity contribution is 7.92. The van der Waals surface area contributed by atoms with Gasteiger partial charge in [-0.3, -0.25) is 4.31 Å². The van der Waals surface area contributed by atoms with Crippen LogP contribution in [-0.4, -0.2) is 40.8 Å². The summed E-state index contributed by atoms with van der Waals surface area (Å²) in [5, 5.41) is 0.350. The van der Waals surface area contributed by atoms with Crippen molar-refractivity contribution >= 4 is 37.3 Å². The van der Waals surface area contributed by atoms with Gasteiger partial charge in [0.1, 0.15) is 0 Å². The van der Waals surface area contributed by atoms with Crippen LogP contribution >= 0.6 is 11.6 Å². The monoisotopic (exact) mass is 426 g/mol. The van der Waals surface area contributed by atoms with E-state index in [0.717, 1.165) is 18.4 Å². The molecule has 2 aliphatic heterocycles. The summed E-state index contributed by atoms with van der Waals surface area (Å²) < 4.78 is 54.3. The van der Waals surface area contributed by atoms with Crippen molar-refractivity contribution in [2.24, 2.45) is 0 Å². The molecule has 4 rings (SSSR count). The van der Waals surface area contributed by atoms with Gasteiger partial charge in [0.2, 0.25) is 10.0 Å². The fourth-order valence-corrected chi connectivity index (χ4v) is 6.96. The van der Waals surface area contributed by atoms with Crippen LogP contribution in [0.1, 0.15) is 18.4 Å². The van der Waals surface area contributed by atoms with E-state index in [4.69, 9.17) is 11.6 Å². The second kappa shape index (κ2) is 6.77. The Morgan fingerprint density at radius 3 is 2.22 bits per heavy atom. The van der Waals surface area contributed by atoms with Crippen molar-refractivity contribution in [3.05, 3.63) is 53.1 Å². The summed E-state index contributed by atoms with van der Waals surface area (Å²) in [7, 11) is -7.27. The molecule has 0 spiro atoms. The van der Waals surface area contributed by atoms with Crippen LogP contribution in [0.4, 0.5) is 5.69 Å². The molecule has 2 aromatic carbocycles. The van der Waals surface area contributed by atoms with Crippen LogP contribution in [0.2, 0.25) is 5.02 Å². The van der Waals surface area contributed by atoms with Crippen LogP contribution in [0.25, 0.3) is 0 Å². The normalized spacial score (nSPS) is 18.0. The van der Waals surface area contributed by atoms with E-state index >= 15 is 0 Å². The fourth-order valence-electron chi connectivity index (χ4n) is 3.59. The Kier molecular flexibility index (Phi) is 4.70. The zero-order valence-electron chi connectivity index (χ0n) is 14.5. The number of fused-ring (bicyclic) bond motifs is 1. The molecule has 144 valence electrons. The van der Waals surface area contributed by atoms with Crippen molar-refractivity contribution in [3.63, 3.8) is 0 Å². The molecule has 2 aromatic rings. The largest absolute Gasteiger partial charge is 0.266 e. The maximum absolute atomic E-state index is 13.0. The minimum Gasteiger partial charge on any atom is -0.266 e. The Bertz CT molecular complexity index is 1090. The number of anilines is 1. The summed E-state index contributed by atoms with van der Waals surface area (Å²) in [6.07, 6.45) is 2.21. The Morgan fingerprint density at radius 2 is 1.52 bits per heavy atom. The third-order valence-electron chi connectivity index (χ3n) is 4.99. The van der Waals surface area contributed by atoms with Gasteiger partial charge in [-0.1, -0.05) is 17.7 Å². The van der Waals surface area contributed by atoms with E-state index < -0.39 is 20.0 Å². The summed E-state index contributed by atoms with van der Waals surface area (Å²) in [5.74, 6) is 0. The van der Waals surface area contributed by atoms with Gasteiger partial charge in [-0.15, -0.1) is 0 Å². The van der Waals surface area contributed by atoms with Gasteiger partial charge in [0, 0.05) is 24.7 Å². The van der Waals surface area contributed by atoms with E-state index in [2.05, 4.69) is 0 Å². The first-order valence-electron chi connectivity index (χ1n) is 8.71. The van der Waals surface area contributed by atoms with Crippen LogP contribution in [0.15, 0.2) is 52.3 Å². The molecule has 0 atom stereocenters. The van der Waals surface area contributed by atoms with Gasteiger partial charge in [0.05, 0.1) is 15.5 Å². The molecular formula is C18H19ClN2O4S2. The molecule has 0 unspecified atom stereocenters. The van der Waals surface area contributed by atoms with E-state index in [9.17, 15) is 16.8 Å². The Morgan fingerprint density at radius 1 is 0.815 bits per heavy atom. The molecule has 0 saturated carbocycles. The molecule has 6 nitrogen and oxygen atoms in total. The predicted octanol–water partition coefficient (Wildman–Crippen LogP) is 2.88. The van der Waals surface area contributed by atoms with Crippen molar-refractivity contribution in [1.29, 1.82) is 0 Å². The van der Waals surface area contributed by atoms with Crippen molar-refractivity contribution in [2.45, 2.75) is 29.1 Å². The van der Waals surface area contributed by atoms with Gasteiger partial charge >= 0.3 is 0 Å². The lowest BCUT2D eigenvalue weighted by molar-refractivity contribution is 0.477. The number of rotatable bonds is 4. The lowest BCUT2D eigenvalue weighted by Crippen LogP contribution is -2.29. The SMILES string of the molecule is O=S(=O)(c1ccc2c(c1)CCN2S(=O)(=O)c1cccc(Cl)c1)N1CCCC1. The lowest BCUT2D eigenvalue weighted by Gasteiger charge is -2.20.